The van der Waals surface area contributed by atoms with Crippen molar-refractivity contribution in [3.63, 3.8) is 0 Å². The summed E-state index contributed by atoms with van der Waals surface area (Å²) in [6, 6.07) is 2.15. The minimum absolute atomic E-state index is 0.966. The number of carboxylic acid groups (broad SMARTS) is 2. The highest BCUT2D eigenvalue weighted by molar-refractivity contribution is 7.11. The summed E-state index contributed by atoms with van der Waals surface area (Å²) in [5.74, 6) is -2.43. The Balaban J connectivity index is 0.000000275. The van der Waals surface area contributed by atoms with Crippen LogP contribution < -0.4 is 0 Å². The fraction of sp³-hybridized carbons (Fsp3) is 0.438. The molecule has 0 radical (unpaired) electrons. The van der Waals surface area contributed by atoms with Crippen LogP contribution in [0.5, 0.6) is 0 Å². The van der Waals surface area contributed by atoms with Crippen molar-refractivity contribution in [1.29, 1.82) is 0 Å². The molecular formula is C16H22N2O6S. The highest BCUT2D eigenvalue weighted by atomic mass is 32.1. The Hall–Kier alpha value is -2.23. The van der Waals surface area contributed by atoms with Crippen LogP contribution in [0.25, 0.3) is 6.08 Å². The number of carboxylic acids is 2. The molecule has 2 atom stereocenters. The summed E-state index contributed by atoms with van der Waals surface area (Å²) in [6.45, 7) is 4.22. The van der Waals surface area contributed by atoms with Crippen molar-refractivity contribution in [3.8, 4) is 0 Å². The number of aryl methyl sites for hydroxylation is 1. The first kappa shape index (κ1) is 20.8. The third-order valence-electron chi connectivity index (χ3n) is 3.41. The first-order valence-corrected chi connectivity index (χ1v) is 8.41. The lowest BCUT2D eigenvalue weighted by Crippen LogP contribution is -2.39. The average Bonchev–Trinajstić information content (AvgIpc) is 2.98. The number of rotatable bonds is 5. The van der Waals surface area contributed by atoms with Crippen molar-refractivity contribution < 1.29 is 30.0 Å². The number of amidine groups is 1. The number of aliphatic carboxylic acids is 2. The van der Waals surface area contributed by atoms with Gasteiger partial charge in [-0.2, -0.15) is 0 Å². The maximum absolute atomic E-state index is 9.77. The fourth-order valence-electron chi connectivity index (χ4n) is 1.89. The zero-order valence-corrected chi connectivity index (χ0v) is 14.8. The van der Waals surface area contributed by atoms with Crippen molar-refractivity contribution in [2.24, 2.45) is 4.99 Å². The average molecular weight is 370 g/mol. The normalized spacial score (nSPS) is 16.6. The van der Waals surface area contributed by atoms with Gasteiger partial charge in [-0.05, 0) is 42.5 Å². The third kappa shape index (κ3) is 6.65. The summed E-state index contributed by atoms with van der Waals surface area (Å²) >= 11 is 1.78. The Bertz CT molecular complexity index is 637. The summed E-state index contributed by atoms with van der Waals surface area (Å²) in [5, 5.41) is 34.7. The molecule has 2 heterocycles. The molecule has 2 unspecified atom stereocenters. The largest absolute Gasteiger partial charge is 0.479 e. The Morgan fingerprint density at radius 1 is 1.24 bits per heavy atom. The van der Waals surface area contributed by atoms with Gasteiger partial charge in [0.2, 0.25) is 0 Å². The van der Waals surface area contributed by atoms with Gasteiger partial charge in [0.1, 0.15) is 5.84 Å². The first-order valence-electron chi connectivity index (χ1n) is 7.53. The van der Waals surface area contributed by atoms with Gasteiger partial charge in [0.15, 0.2) is 12.2 Å². The summed E-state index contributed by atoms with van der Waals surface area (Å²) in [5.41, 5.74) is 1.34. The highest BCUT2D eigenvalue weighted by Gasteiger charge is 2.29. The molecule has 9 heteroatoms. The third-order valence-corrected chi connectivity index (χ3v) is 4.39. The Morgan fingerprint density at radius 2 is 1.84 bits per heavy atom. The lowest BCUT2D eigenvalue weighted by Gasteiger charge is -2.22. The van der Waals surface area contributed by atoms with E-state index in [-0.39, 0.29) is 0 Å². The molecular weight excluding hydrogens is 348 g/mol. The zero-order valence-electron chi connectivity index (χ0n) is 14.0. The van der Waals surface area contributed by atoms with Crippen LogP contribution >= 0.6 is 11.3 Å². The predicted molar refractivity (Wildman–Crippen MR) is 94.9 cm³/mol. The van der Waals surface area contributed by atoms with E-state index in [1.54, 1.807) is 11.3 Å². The lowest BCUT2D eigenvalue weighted by atomic mass is 10.2. The van der Waals surface area contributed by atoms with E-state index in [1.807, 2.05) is 0 Å². The molecule has 25 heavy (non-hydrogen) atoms. The minimum Gasteiger partial charge on any atom is -0.479 e. The van der Waals surface area contributed by atoms with Gasteiger partial charge in [-0.1, -0.05) is 0 Å². The minimum atomic E-state index is -2.27. The Labute approximate surface area is 149 Å². The van der Waals surface area contributed by atoms with Crippen molar-refractivity contribution in [2.75, 3.05) is 20.1 Å². The lowest BCUT2D eigenvalue weighted by molar-refractivity contribution is -0.165. The number of thiophene rings is 1. The van der Waals surface area contributed by atoms with Crippen LogP contribution in [0.3, 0.4) is 0 Å². The van der Waals surface area contributed by atoms with Crippen LogP contribution in [-0.4, -0.2) is 75.4 Å². The standard InChI is InChI=1S/C12H16N2S.C4H6O6/c1-10-6-9-15-11(10)4-5-12-13-7-3-8-14(12)2;5-1(3(7)8)2(6)4(9)10/h4-6,9H,3,7-8H2,1-2H3;1-2,5-6H,(H,7,8)(H,9,10)/b5-4+;. The van der Waals surface area contributed by atoms with Gasteiger partial charge in [0, 0.05) is 25.0 Å². The van der Waals surface area contributed by atoms with E-state index in [4.69, 9.17) is 20.4 Å². The van der Waals surface area contributed by atoms with Crippen molar-refractivity contribution in [1.82, 2.24) is 4.90 Å². The molecule has 1 aromatic heterocycles. The number of hydrogen-bond acceptors (Lipinski definition) is 7. The second-order valence-corrected chi connectivity index (χ2v) is 6.33. The molecule has 0 fully saturated rings. The molecule has 0 spiro atoms. The van der Waals surface area contributed by atoms with E-state index in [0.717, 1.165) is 18.9 Å². The van der Waals surface area contributed by atoms with Crippen LogP contribution in [0.2, 0.25) is 0 Å². The van der Waals surface area contributed by atoms with E-state index in [2.05, 4.69) is 47.5 Å². The van der Waals surface area contributed by atoms with E-state index in [9.17, 15) is 9.59 Å². The Morgan fingerprint density at radius 3 is 2.28 bits per heavy atom. The molecule has 1 aliphatic heterocycles. The molecule has 0 aliphatic carbocycles. The zero-order chi connectivity index (χ0) is 19.0. The van der Waals surface area contributed by atoms with E-state index in [1.165, 1.54) is 16.9 Å². The molecule has 138 valence electrons. The van der Waals surface area contributed by atoms with Crippen LogP contribution in [0, 0.1) is 6.92 Å². The molecule has 0 bridgehead atoms. The summed E-state index contributed by atoms with van der Waals surface area (Å²) in [7, 11) is 2.10. The Kier molecular flexibility index (Phi) is 8.26. The number of aliphatic imine (C=N–C) groups is 1. The first-order chi connectivity index (χ1) is 11.7. The maximum atomic E-state index is 9.77. The molecule has 4 N–H and O–H groups in total. The van der Waals surface area contributed by atoms with Gasteiger partial charge in [0.25, 0.3) is 0 Å². The number of nitrogens with zero attached hydrogens (tertiary/aromatic N) is 2. The van der Waals surface area contributed by atoms with Crippen molar-refractivity contribution in [3.05, 3.63) is 28.0 Å². The van der Waals surface area contributed by atoms with Gasteiger partial charge < -0.3 is 25.3 Å². The number of carbonyl (C=O) groups is 2. The molecule has 0 saturated heterocycles. The molecule has 8 nitrogen and oxygen atoms in total. The molecule has 1 aromatic rings. The van der Waals surface area contributed by atoms with E-state index in [0.29, 0.717) is 0 Å². The quantitative estimate of drug-likeness (QED) is 0.599. The van der Waals surface area contributed by atoms with Crippen LogP contribution in [0.4, 0.5) is 0 Å². The van der Waals surface area contributed by atoms with Crippen molar-refractivity contribution >= 4 is 35.2 Å². The van der Waals surface area contributed by atoms with Crippen LogP contribution in [-0.2, 0) is 9.59 Å². The molecule has 0 aromatic carbocycles. The van der Waals surface area contributed by atoms with Gasteiger partial charge in [-0.25, -0.2) is 9.59 Å². The van der Waals surface area contributed by atoms with Gasteiger partial charge >= 0.3 is 11.9 Å². The van der Waals surface area contributed by atoms with Gasteiger partial charge in [-0.3, -0.25) is 4.99 Å². The molecule has 1 aliphatic rings. The molecule has 0 amide bonds. The summed E-state index contributed by atoms with van der Waals surface area (Å²) < 4.78 is 0. The smallest absolute Gasteiger partial charge is 0.335 e. The van der Waals surface area contributed by atoms with Crippen molar-refractivity contribution in [2.45, 2.75) is 25.6 Å². The summed E-state index contributed by atoms with van der Waals surface area (Å²) in [4.78, 5) is 27.6. The van der Waals surface area contributed by atoms with E-state index < -0.39 is 24.1 Å². The fourth-order valence-corrected chi connectivity index (χ4v) is 2.71. The molecule has 0 saturated carbocycles. The van der Waals surface area contributed by atoms with E-state index >= 15 is 0 Å². The number of hydrogen-bond donors (Lipinski definition) is 4. The number of likely N-dealkylation sites (N-methyl/N-ethyl adjacent to an activating group) is 1. The van der Waals surface area contributed by atoms with Gasteiger partial charge in [-0.15, -0.1) is 11.3 Å². The van der Waals surface area contributed by atoms with Crippen LogP contribution in [0.15, 0.2) is 22.5 Å². The monoisotopic (exact) mass is 370 g/mol. The second kappa shape index (κ2) is 9.92. The maximum Gasteiger partial charge on any atom is 0.335 e. The number of aliphatic hydroxyl groups excluding tert-OH is 2. The summed E-state index contributed by atoms with van der Waals surface area (Å²) in [6.07, 6.45) is 0.930. The topological polar surface area (TPSA) is 131 Å². The SMILES string of the molecule is Cc1ccsc1/C=C/C1=NCCCN1C.O=C(O)C(O)C(O)C(=O)O. The molecule has 2 rings (SSSR count). The number of aliphatic hydroxyl groups is 2. The second-order valence-electron chi connectivity index (χ2n) is 5.38. The predicted octanol–water partition coefficient (Wildman–Crippen LogP) is 0.681. The van der Waals surface area contributed by atoms with Crippen LogP contribution in [0.1, 0.15) is 16.9 Å². The van der Waals surface area contributed by atoms with Gasteiger partial charge in [0.05, 0.1) is 0 Å². The highest BCUT2D eigenvalue weighted by Crippen LogP contribution is 2.17.